The molecule has 172 valence electrons. The maximum atomic E-state index is 14.1. The zero-order valence-corrected chi connectivity index (χ0v) is 19.0. The number of benzene rings is 1. The van der Waals surface area contributed by atoms with E-state index in [0.29, 0.717) is 25.9 Å². The Morgan fingerprint density at radius 1 is 1.34 bits per heavy atom. The average molecular weight is 459 g/mol. The highest BCUT2D eigenvalue weighted by molar-refractivity contribution is 8.02. The van der Waals surface area contributed by atoms with E-state index in [1.807, 2.05) is 37.3 Å². The van der Waals surface area contributed by atoms with Crippen molar-refractivity contribution in [2.45, 2.75) is 42.3 Å². The number of fused-ring (bicyclic) bond motifs is 1. The molecule has 3 fully saturated rings. The predicted octanol–water partition coefficient (Wildman–Crippen LogP) is 2.01. The minimum Gasteiger partial charge on any atom is -0.481 e. The molecule has 8 heteroatoms. The summed E-state index contributed by atoms with van der Waals surface area (Å²) in [5.74, 6) is -2.85. The van der Waals surface area contributed by atoms with Crippen molar-refractivity contribution < 1.29 is 24.6 Å². The smallest absolute Gasteiger partial charge is 0.308 e. The molecule has 1 aromatic carbocycles. The quantitative estimate of drug-likeness (QED) is 0.550. The van der Waals surface area contributed by atoms with Gasteiger partial charge in [-0.15, -0.1) is 18.3 Å². The highest BCUT2D eigenvalue weighted by atomic mass is 32.2. The molecule has 3 aliphatic heterocycles. The van der Waals surface area contributed by atoms with Gasteiger partial charge in [0.25, 0.3) is 0 Å². The Hall–Kier alpha value is -2.32. The van der Waals surface area contributed by atoms with Crippen LogP contribution in [0.2, 0.25) is 0 Å². The van der Waals surface area contributed by atoms with E-state index < -0.39 is 28.6 Å². The first-order valence-corrected chi connectivity index (χ1v) is 12.0. The first-order valence-electron chi connectivity index (χ1n) is 11.1. The number of aliphatic hydroxyl groups excluding tert-OH is 1. The lowest BCUT2D eigenvalue weighted by Gasteiger charge is -2.40. The van der Waals surface area contributed by atoms with Crippen molar-refractivity contribution in [3.63, 3.8) is 0 Å². The molecule has 6 atom stereocenters. The van der Waals surface area contributed by atoms with Crippen LogP contribution in [0.3, 0.4) is 0 Å². The number of rotatable bonds is 9. The summed E-state index contributed by atoms with van der Waals surface area (Å²) in [6.45, 7) is 6.70. The summed E-state index contributed by atoms with van der Waals surface area (Å²) in [4.78, 5) is 43.0. The number of carboxylic acid groups (broad SMARTS) is 1. The SMILES string of the molecule is C=CCN(Cc1ccccc1)C(=O)C1N(CCCO)C(=O)[C@@H]2[C@H](C(=O)O)[C@@H]3CC(C)C12S3. The lowest BCUT2D eigenvalue weighted by molar-refractivity contribution is -0.149. The van der Waals surface area contributed by atoms with Gasteiger partial charge in [0.2, 0.25) is 11.8 Å². The number of carbonyl (C=O) groups is 3. The molecule has 2 bridgehead atoms. The Morgan fingerprint density at radius 3 is 2.69 bits per heavy atom. The van der Waals surface area contributed by atoms with Crippen molar-refractivity contribution in [1.82, 2.24) is 9.80 Å². The molecule has 3 saturated heterocycles. The van der Waals surface area contributed by atoms with E-state index >= 15 is 0 Å². The molecular formula is C24H30N2O5S. The van der Waals surface area contributed by atoms with Crippen molar-refractivity contribution in [2.75, 3.05) is 19.7 Å². The summed E-state index contributed by atoms with van der Waals surface area (Å²) < 4.78 is -0.756. The number of aliphatic hydroxyl groups is 1. The standard InChI is InChI=1S/C24H30N2O5S/c1-3-10-25(14-16-8-5-4-6-9-16)22(29)20-24-15(2)13-17(32-24)18(23(30)31)19(24)21(28)26(20)11-7-12-27/h3-6,8-9,15,17-20,27H,1,7,10-14H2,2H3,(H,30,31)/t15?,17-,18+,19-,20?,24?/m0/s1. The van der Waals surface area contributed by atoms with Crippen LogP contribution in [-0.4, -0.2) is 73.5 Å². The van der Waals surface area contributed by atoms with Gasteiger partial charge in [0.05, 0.1) is 16.6 Å². The van der Waals surface area contributed by atoms with Gasteiger partial charge >= 0.3 is 5.97 Å². The minimum atomic E-state index is -0.961. The first kappa shape index (κ1) is 22.9. The topological polar surface area (TPSA) is 98.2 Å². The van der Waals surface area contributed by atoms with Gasteiger partial charge in [-0.05, 0) is 24.3 Å². The molecule has 1 spiro atoms. The summed E-state index contributed by atoms with van der Waals surface area (Å²) >= 11 is 1.53. The minimum absolute atomic E-state index is 0.0393. The van der Waals surface area contributed by atoms with E-state index in [9.17, 15) is 24.6 Å². The van der Waals surface area contributed by atoms with Gasteiger partial charge in [-0.2, -0.15) is 0 Å². The van der Waals surface area contributed by atoms with E-state index in [1.54, 1.807) is 15.9 Å². The third-order valence-electron chi connectivity index (χ3n) is 7.20. The van der Waals surface area contributed by atoms with Crippen LogP contribution in [0, 0.1) is 17.8 Å². The van der Waals surface area contributed by atoms with Gasteiger partial charge in [-0.25, -0.2) is 0 Å². The second-order valence-corrected chi connectivity index (χ2v) is 10.5. The summed E-state index contributed by atoms with van der Waals surface area (Å²) in [6, 6.07) is 8.91. The Bertz CT molecular complexity index is 909. The Balaban J connectivity index is 1.74. The zero-order chi connectivity index (χ0) is 23.0. The third-order valence-corrected chi connectivity index (χ3v) is 9.28. The molecule has 2 N–H and O–H groups in total. The fourth-order valence-corrected chi connectivity index (χ4v) is 8.34. The maximum Gasteiger partial charge on any atom is 0.308 e. The van der Waals surface area contributed by atoms with E-state index in [2.05, 4.69) is 6.58 Å². The van der Waals surface area contributed by atoms with Crippen LogP contribution >= 0.6 is 11.8 Å². The lowest BCUT2D eigenvalue weighted by atomic mass is 9.66. The van der Waals surface area contributed by atoms with Gasteiger partial charge in [0.1, 0.15) is 6.04 Å². The number of amides is 2. The van der Waals surface area contributed by atoms with E-state index in [4.69, 9.17) is 0 Å². The highest BCUT2D eigenvalue weighted by Crippen LogP contribution is 2.68. The second kappa shape index (κ2) is 8.90. The number of carboxylic acids is 1. The van der Waals surface area contributed by atoms with E-state index in [-0.39, 0.29) is 36.1 Å². The van der Waals surface area contributed by atoms with Crippen LogP contribution in [-0.2, 0) is 20.9 Å². The molecule has 1 aromatic rings. The number of aliphatic carboxylic acids is 1. The number of likely N-dealkylation sites (tertiary alicyclic amines) is 1. The van der Waals surface area contributed by atoms with Crippen molar-refractivity contribution >= 4 is 29.5 Å². The summed E-state index contributed by atoms with van der Waals surface area (Å²) in [5.41, 5.74) is 0.975. The Labute approximate surface area is 192 Å². The van der Waals surface area contributed by atoms with Crippen molar-refractivity contribution in [2.24, 2.45) is 17.8 Å². The molecule has 7 nitrogen and oxygen atoms in total. The van der Waals surface area contributed by atoms with Gasteiger partial charge in [0.15, 0.2) is 0 Å². The fraction of sp³-hybridized carbons (Fsp3) is 0.542. The second-order valence-electron chi connectivity index (χ2n) is 8.99. The Kier molecular flexibility index (Phi) is 6.36. The number of carbonyl (C=O) groups excluding carboxylic acids is 2. The number of hydrogen-bond donors (Lipinski definition) is 2. The van der Waals surface area contributed by atoms with Crippen molar-refractivity contribution in [3.8, 4) is 0 Å². The summed E-state index contributed by atoms with van der Waals surface area (Å²) in [6.07, 6.45) is 2.70. The van der Waals surface area contributed by atoms with Gasteiger partial charge in [-0.1, -0.05) is 43.3 Å². The third kappa shape index (κ3) is 3.44. The first-order chi connectivity index (χ1) is 15.4. The number of thioether (sulfide) groups is 1. The zero-order valence-electron chi connectivity index (χ0n) is 18.2. The number of nitrogens with zero attached hydrogens (tertiary/aromatic N) is 2. The van der Waals surface area contributed by atoms with Gasteiger partial charge in [-0.3, -0.25) is 14.4 Å². The van der Waals surface area contributed by atoms with Crippen molar-refractivity contribution in [1.29, 1.82) is 0 Å². The molecule has 4 rings (SSSR count). The van der Waals surface area contributed by atoms with E-state index in [0.717, 1.165) is 5.56 Å². The monoisotopic (exact) mass is 458 g/mol. The molecule has 0 radical (unpaired) electrons. The molecule has 32 heavy (non-hydrogen) atoms. The normalized spacial score (nSPS) is 32.8. The lowest BCUT2D eigenvalue weighted by Crippen LogP contribution is -2.57. The molecule has 3 aliphatic rings. The molecule has 3 heterocycles. The maximum absolute atomic E-state index is 14.1. The van der Waals surface area contributed by atoms with Crippen LogP contribution < -0.4 is 0 Å². The van der Waals surface area contributed by atoms with E-state index in [1.165, 1.54) is 11.8 Å². The molecule has 0 saturated carbocycles. The summed E-state index contributed by atoms with van der Waals surface area (Å²) in [7, 11) is 0. The van der Waals surface area contributed by atoms with Gasteiger partial charge < -0.3 is 20.0 Å². The predicted molar refractivity (Wildman–Crippen MR) is 122 cm³/mol. The summed E-state index contributed by atoms with van der Waals surface area (Å²) in [5, 5.41) is 19.2. The molecule has 3 unspecified atom stereocenters. The molecule has 0 aromatic heterocycles. The largest absolute Gasteiger partial charge is 0.481 e. The van der Waals surface area contributed by atoms with Crippen molar-refractivity contribution in [3.05, 3.63) is 48.6 Å². The number of hydrogen-bond acceptors (Lipinski definition) is 5. The van der Waals surface area contributed by atoms with Crippen LogP contribution in [0.5, 0.6) is 0 Å². The van der Waals surface area contributed by atoms with Gasteiger partial charge in [0, 0.05) is 31.5 Å². The average Bonchev–Trinajstić information content (AvgIpc) is 3.36. The molecule has 0 aliphatic carbocycles. The Morgan fingerprint density at radius 2 is 2.06 bits per heavy atom. The molecular weight excluding hydrogens is 428 g/mol. The van der Waals surface area contributed by atoms with Crippen LogP contribution in [0.15, 0.2) is 43.0 Å². The van der Waals surface area contributed by atoms with Crippen LogP contribution in [0.25, 0.3) is 0 Å². The highest BCUT2D eigenvalue weighted by Gasteiger charge is 2.76. The molecule has 2 amide bonds. The fourth-order valence-electron chi connectivity index (χ4n) is 5.93. The van der Waals surface area contributed by atoms with Crippen LogP contribution in [0.4, 0.5) is 0 Å². The van der Waals surface area contributed by atoms with Crippen LogP contribution in [0.1, 0.15) is 25.3 Å².